The minimum Gasteiger partial charge on any atom is -0.400 e. The standard InChI is InChI=1S/C15H11N4O/c1-18-14-11-9(4-2-6-16-11)8-19(14)12-10-5-3-7-17-13(10)20-15(12)18/h2-7H,8H2,1H3/q+1. The number of fused-ring (bicyclic) bond motifs is 7. The molecule has 0 radical (unpaired) electrons. The van der Waals surface area contributed by atoms with E-state index in [4.69, 9.17) is 4.42 Å². The van der Waals surface area contributed by atoms with Crippen LogP contribution in [0, 0.1) is 0 Å². The Labute approximate surface area is 114 Å². The molecule has 5 heterocycles. The first-order chi connectivity index (χ1) is 9.84. The molecule has 0 N–H and O–H groups in total. The van der Waals surface area contributed by atoms with E-state index in [-0.39, 0.29) is 0 Å². The number of aromatic nitrogens is 4. The molecule has 4 aromatic heterocycles. The summed E-state index contributed by atoms with van der Waals surface area (Å²) in [6.45, 7) is 0.833. The molecular weight excluding hydrogens is 252 g/mol. The van der Waals surface area contributed by atoms with Crippen molar-refractivity contribution in [1.29, 1.82) is 0 Å². The van der Waals surface area contributed by atoms with Gasteiger partial charge in [0, 0.05) is 18.0 Å². The van der Waals surface area contributed by atoms with Crippen LogP contribution in [0.3, 0.4) is 0 Å². The smallest absolute Gasteiger partial charge is 0.340 e. The summed E-state index contributed by atoms with van der Waals surface area (Å²) in [6, 6.07) is 8.11. The zero-order valence-electron chi connectivity index (χ0n) is 10.9. The molecule has 0 unspecified atom stereocenters. The summed E-state index contributed by atoms with van der Waals surface area (Å²) >= 11 is 0. The van der Waals surface area contributed by atoms with E-state index in [0.29, 0.717) is 5.71 Å². The first-order valence-electron chi connectivity index (χ1n) is 6.54. The van der Waals surface area contributed by atoms with Crippen LogP contribution in [0.5, 0.6) is 0 Å². The normalized spacial score (nSPS) is 13.1. The van der Waals surface area contributed by atoms with Crippen molar-refractivity contribution in [3.05, 3.63) is 42.2 Å². The van der Waals surface area contributed by atoms with Crippen molar-refractivity contribution in [2.75, 3.05) is 0 Å². The molecule has 5 nitrogen and oxygen atoms in total. The summed E-state index contributed by atoms with van der Waals surface area (Å²) in [7, 11) is 2.01. The summed E-state index contributed by atoms with van der Waals surface area (Å²) in [5.41, 5.74) is 4.93. The molecule has 4 aromatic rings. The highest BCUT2D eigenvalue weighted by Crippen LogP contribution is 2.35. The van der Waals surface area contributed by atoms with E-state index in [2.05, 4.69) is 31.2 Å². The molecule has 0 amide bonds. The average Bonchev–Trinajstić information content (AvgIpc) is 3.10. The van der Waals surface area contributed by atoms with E-state index >= 15 is 0 Å². The van der Waals surface area contributed by atoms with Gasteiger partial charge in [-0.15, -0.1) is 0 Å². The van der Waals surface area contributed by atoms with Gasteiger partial charge in [-0.1, -0.05) is 6.07 Å². The van der Waals surface area contributed by atoms with Crippen molar-refractivity contribution in [1.82, 2.24) is 14.5 Å². The predicted molar refractivity (Wildman–Crippen MR) is 73.0 cm³/mol. The molecule has 5 heteroatoms. The number of imidazole rings is 1. The minimum absolute atomic E-state index is 0.687. The lowest BCUT2D eigenvalue weighted by Crippen LogP contribution is -2.29. The highest BCUT2D eigenvalue weighted by molar-refractivity contribution is 6.00. The Hall–Kier alpha value is -2.69. The van der Waals surface area contributed by atoms with Crippen LogP contribution in [-0.2, 0) is 13.6 Å². The summed E-state index contributed by atoms with van der Waals surface area (Å²) in [4.78, 5) is 8.81. The van der Waals surface area contributed by atoms with Crippen LogP contribution in [0.1, 0.15) is 5.56 Å². The molecule has 0 saturated carbocycles. The quantitative estimate of drug-likeness (QED) is 0.402. The van der Waals surface area contributed by atoms with Crippen LogP contribution in [0.2, 0.25) is 0 Å². The van der Waals surface area contributed by atoms with Gasteiger partial charge in [0.1, 0.15) is 6.54 Å². The maximum atomic E-state index is 5.90. The van der Waals surface area contributed by atoms with Crippen LogP contribution in [0.15, 0.2) is 41.1 Å². The lowest BCUT2D eigenvalue weighted by Gasteiger charge is -1.92. The molecule has 96 valence electrons. The van der Waals surface area contributed by atoms with Gasteiger partial charge < -0.3 is 4.42 Å². The van der Waals surface area contributed by atoms with Gasteiger partial charge in [-0.05, 0) is 18.2 Å². The second-order valence-electron chi connectivity index (χ2n) is 5.09. The molecule has 0 aliphatic carbocycles. The molecule has 20 heavy (non-hydrogen) atoms. The van der Waals surface area contributed by atoms with Gasteiger partial charge in [0.15, 0.2) is 5.69 Å². The monoisotopic (exact) mass is 263 g/mol. The van der Waals surface area contributed by atoms with Crippen molar-refractivity contribution in [2.45, 2.75) is 6.54 Å². The predicted octanol–water partition coefficient (Wildman–Crippen LogP) is 2.03. The van der Waals surface area contributed by atoms with Crippen LogP contribution in [0.25, 0.3) is 33.8 Å². The number of pyridine rings is 2. The number of aryl methyl sites for hydroxylation is 1. The number of hydrogen-bond acceptors (Lipinski definition) is 3. The maximum absolute atomic E-state index is 5.90. The van der Waals surface area contributed by atoms with E-state index in [1.807, 2.05) is 25.4 Å². The Morgan fingerprint density at radius 2 is 2.05 bits per heavy atom. The Morgan fingerprint density at radius 3 is 3.00 bits per heavy atom. The molecule has 0 spiro atoms. The zero-order valence-corrected chi connectivity index (χ0v) is 10.9. The Kier molecular flexibility index (Phi) is 1.65. The van der Waals surface area contributed by atoms with Gasteiger partial charge >= 0.3 is 11.5 Å². The Bertz CT molecular complexity index is 996. The highest BCUT2D eigenvalue weighted by atomic mass is 16.4. The number of nitrogens with zero attached hydrogens (tertiary/aromatic N) is 4. The second kappa shape index (κ2) is 3.25. The molecule has 0 saturated heterocycles. The Morgan fingerprint density at radius 1 is 1.20 bits per heavy atom. The highest BCUT2D eigenvalue weighted by Gasteiger charge is 2.36. The number of hydrogen-bond donors (Lipinski definition) is 0. The van der Waals surface area contributed by atoms with E-state index in [1.54, 1.807) is 6.20 Å². The summed E-state index contributed by atoms with van der Waals surface area (Å²) < 4.78 is 10.2. The second-order valence-corrected chi connectivity index (χ2v) is 5.09. The molecular formula is C15H11N4O+. The van der Waals surface area contributed by atoms with E-state index < -0.39 is 0 Å². The fourth-order valence-electron chi connectivity index (χ4n) is 3.16. The van der Waals surface area contributed by atoms with Crippen molar-refractivity contribution in [3.63, 3.8) is 0 Å². The third-order valence-corrected chi connectivity index (χ3v) is 4.00. The molecule has 5 rings (SSSR count). The van der Waals surface area contributed by atoms with Gasteiger partial charge in [0.2, 0.25) is 11.2 Å². The Balaban J connectivity index is 1.99. The van der Waals surface area contributed by atoms with E-state index in [1.165, 1.54) is 5.56 Å². The largest absolute Gasteiger partial charge is 0.400 e. The van der Waals surface area contributed by atoms with E-state index in [0.717, 1.165) is 34.7 Å². The first-order valence-corrected chi connectivity index (χ1v) is 6.54. The van der Waals surface area contributed by atoms with Crippen LogP contribution in [-0.4, -0.2) is 14.5 Å². The topological polar surface area (TPSA) is 47.7 Å². The molecule has 0 aromatic carbocycles. The third kappa shape index (κ3) is 1.02. The molecule has 1 aliphatic rings. The van der Waals surface area contributed by atoms with E-state index in [9.17, 15) is 0 Å². The maximum Gasteiger partial charge on any atom is 0.340 e. The third-order valence-electron chi connectivity index (χ3n) is 4.00. The SMILES string of the molecule is C[n+]1c2n(c3c4cccnc4oc31)Cc1cccnc1-2. The average molecular weight is 263 g/mol. The van der Waals surface area contributed by atoms with Gasteiger partial charge in [-0.3, -0.25) is 0 Å². The molecule has 0 atom stereocenters. The van der Waals surface area contributed by atoms with Crippen LogP contribution < -0.4 is 4.57 Å². The van der Waals surface area contributed by atoms with Gasteiger partial charge in [0.05, 0.1) is 12.4 Å². The number of rotatable bonds is 0. The molecule has 0 bridgehead atoms. The van der Waals surface area contributed by atoms with Crippen LogP contribution >= 0.6 is 0 Å². The van der Waals surface area contributed by atoms with Crippen molar-refractivity contribution >= 4 is 22.3 Å². The molecule has 1 aliphatic heterocycles. The summed E-state index contributed by atoms with van der Waals surface area (Å²) in [5, 5.41) is 1.05. The zero-order chi connectivity index (χ0) is 13.3. The van der Waals surface area contributed by atoms with Crippen molar-refractivity contribution in [3.8, 4) is 11.5 Å². The summed E-state index contributed by atoms with van der Waals surface area (Å²) in [6.07, 6.45) is 3.59. The lowest BCUT2D eigenvalue weighted by atomic mass is 10.2. The number of furan rings is 1. The van der Waals surface area contributed by atoms with Crippen molar-refractivity contribution in [2.24, 2.45) is 7.05 Å². The lowest BCUT2D eigenvalue weighted by molar-refractivity contribution is -0.640. The minimum atomic E-state index is 0.687. The fourth-order valence-corrected chi connectivity index (χ4v) is 3.16. The van der Waals surface area contributed by atoms with Crippen LogP contribution in [0.4, 0.5) is 0 Å². The van der Waals surface area contributed by atoms with Crippen molar-refractivity contribution < 1.29 is 8.98 Å². The van der Waals surface area contributed by atoms with Gasteiger partial charge in [0.25, 0.3) is 0 Å². The van der Waals surface area contributed by atoms with Gasteiger partial charge in [-0.2, -0.15) is 4.57 Å². The fraction of sp³-hybridized carbons (Fsp3) is 0.133. The van der Waals surface area contributed by atoms with Gasteiger partial charge in [-0.25, -0.2) is 14.5 Å². The summed E-state index contributed by atoms with van der Waals surface area (Å²) in [5.74, 6) is 1.10. The molecule has 0 fully saturated rings. The first kappa shape index (κ1) is 10.1.